The summed E-state index contributed by atoms with van der Waals surface area (Å²) in [6, 6.07) is 3.78. The van der Waals surface area contributed by atoms with E-state index in [0.717, 1.165) is 42.3 Å². The summed E-state index contributed by atoms with van der Waals surface area (Å²) >= 11 is 1.48. The number of thiophene rings is 1. The second kappa shape index (κ2) is 6.03. The number of fused-ring (bicyclic) bond motifs is 1. The van der Waals surface area contributed by atoms with Gasteiger partial charge in [-0.2, -0.15) is 0 Å². The SMILES string of the molecule is Cc1nccnc1N1C[C@@H]2[C@H](CNC(=O)c3cccs3)[C@H]3CC[C@]2(C1)O3. The second-order valence-corrected chi connectivity index (χ2v) is 8.51. The van der Waals surface area contributed by atoms with E-state index >= 15 is 0 Å². The number of ether oxygens (including phenoxy) is 1. The highest BCUT2D eigenvalue weighted by atomic mass is 32.1. The lowest BCUT2D eigenvalue weighted by molar-refractivity contribution is 0.0141. The Labute approximate surface area is 156 Å². The Morgan fingerprint density at radius 1 is 1.46 bits per heavy atom. The van der Waals surface area contributed by atoms with Gasteiger partial charge in [-0.15, -0.1) is 11.3 Å². The highest BCUT2D eigenvalue weighted by Gasteiger charge is 2.63. The van der Waals surface area contributed by atoms with Gasteiger partial charge >= 0.3 is 0 Å². The van der Waals surface area contributed by atoms with Gasteiger partial charge in [0, 0.05) is 43.9 Å². The van der Waals surface area contributed by atoms with Gasteiger partial charge in [0.05, 0.1) is 22.3 Å². The molecule has 4 atom stereocenters. The fourth-order valence-electron chi connectivity index (χ4n) is 5.04. The average molecular weight is 370 g/mol. The monoisotopic (exact) mass is 370 g/mol. The summed E-state index contributed by atoms with van der Waals surface area (Å²) in [5.41, 5.74) is 0.883. The van der Waals surface area contributed by atoms with Crippen LogP contribution >= 0.6 is 11.3 Å². The van der Waals surface area contributed by atoms with Gasteiger partial charge in [-0.25, -0.2) is 4.98 Å². The van der Waals surface area contributed by atoms with Gasteiger partial charge in [-0.05, 0) is 31.2 Å². The van der Waals surface area contributed by atoms with Crippen molar-refractivity contribution in [1.29, 1.82) is 0 Å². The first-order valence-electron chi connectivity index (χ1n) is 9.18. The van der Waals surface area contributed by atoms with Crippen molar-refractivity contribution >= 4 is 23.1 Å². The predicted molar refractivity (Wildman–Crippen MR) is 99.5 cm³/mol. The molecule has 6 nitrogen and oxygen atoms in total. The van der Waals surface area contributed by atoms with Gasteiger partial charge in [0.1, 0.15) is 5.82 Å². The van der Waals surface area contributed by atoms with Crippen LogP contribution in [-0.4, -0.2) is 47.2 Å². The minimum absolute atomic E-state index is 0.0245. The minimum Gasteiger partial charge on any atom is -0.369 e. The summed E-state index contributed by atoms with van der Waals surface area (Å²) in [6.45, 7) is 4.49. The molecule has 1 spiro atoms. The first-order chi connectivity index (χ1) is 12.7. The van der Waals surface area contributed by atoms with Crippen LogP contribution < -0.4 is 10.2 Å². The molecule has 3 aliphatic heterocycles. The van der Waals surface area contributed by atoms with Crippen LogP contribution in [0.15, 0.2) is 29.9 Å². The lowest BCUT2D eigenvalue weighted by Gasteiger charge is -2.29. The first-order valence-corrected chi connectivity index (χ1v) is 10.1. The molecule has 0 radical (unpaired) electrons. The Kier molecular flexibility index (Phi) is 3.76. The van der Waals surface area contributed by atoms with E-state index in [1.54, 1.807) is 12.4 Å². The largest absolute Gasteiger partial charge is 0.369 e. The van der Waals surface area contributed by atoms with Crippen molar-refractivity contribution in [1.82, 2.24) is 15.3 Å². The number of aryl methyl sites for hydroxylation is 1. The van der Waals surface area contributed by atoms with Crippen LogP contribution in [0.1, 0.15) is 28.2 Å². The maximum atomic E-state index is 12.3. The molecule has 2 aromatic heterocycles. The van der Waals surface area contributed by atoms with Gasteiger partial charge in [0.2, 0.25) is 0 Å². The van der Waals surface area contributed by atoms with E-state index in [4.69, 9.17) is 4.74 Å². The third-order valence-corrected chi connectivity index (χ3v) is 7.05. The maximum Gasteiger partial charge on any atom is 0.261 e. The minimum atomic E-state index is -0.0764. The molecule has 2 bridgehead atoms. The molecule has 5 heterocycles. The number of nitrogens with zero attached hydrogens (tertiary/aromatic N) is 3. The average Bonchev–Trinajstić information content (AvgIpc) is 3.40. The smallest absolute Gasteiger partial charge is 0.261 e. The van der Waals surface area contributed by atoms with Crippen molar-refractivity contribution in [3.05, 3.63) is 40.5 Å². The van der Waals surface area contributed by atoms with Gasteiger partial charge in [-0.3, -0.25) is 9.78 Å². The highest BCUT2D eigenvalue weighted by molar-refractivity contribution is 7.12. The molecule has 3 fully saturated rings. The quantitative estimate of drug-likeness (QED) is 0.894. The van der Waals surface area contributed by atoms with Crippen molar-refractivity contribution in [3.63, 3.8) is 0 Å². The van der Waals surface area contributed by atoms with Gasteiger partial charge < -0.3 is 15.0 Å². The predicted octanol–water partition coefficient (Wildman–Crippen LogP) is 2.26. The van der Waals surface area contributed by atoms with E-state index in [0.29, 0.717) is 18.4 Å². The summed E-state index contributed by atoms with van der Waals surface area (Å²) in [5, 5.41) is 5.07. The number of rotatable bonds is 4. The molecule has 0 aliphatic carbocycles. The Bertz CT molecular complexity index is 827. The number of hydrogen-bond donors (Lipinski definition) is 1. The van der Waals surface area contributed by atoms with Crippen LogP contribution in [0.4, 0.5) is 5.82 Å². The summed E-state index contributed by atoms with van der Waals surface area (Å²) in [6.07, 6.45) is 5.95. The molecular formula is C19H22N4O2S. The van der Waals surface area contributed by atoms with Gasteiger partial charge in [-0.1, -0.05) is 6.07 Å². The van der Waals surface area contributed by atoms with Crippen LogP contribution in [0.5, 0.6) is 0 Å². The molecule has 26 heavy (non-hydrogen) atoms. The zero-order valence-corrected chi connectivity index (χ0v) is 15.5. The maximum absolute atomic E-state index is 12.3. The lowest BCUT2D eigenvalue weighted by Crippen LogP contribution is -2.41. The zero-order chi connectivity index (χ0) is 17.7. The van der Waals surface area contributed by atoms with Crippen molar-refractivity contribution in [3.8, 4) is 0 Å². The molecule has 7 heteroatoms. The summed E-state index contributed by atoms with van der Waals surface area (Å²) < 4.78 is 6.47. The van der Waals surface area contributed by atoms with Gasteiger partial charge in [0.15, 0.2) is 0 Å². The van der Waals surface area contributed by atoms with E-state index in [-0.39, 0.29) is 17.6 Å². The van der Waals surface area contributed by atoms with Crippen LogP contribution in [0, 0.1) is 18.8 Å². The third kappa shape index (κ3) is 2.45. The van der Waals surface area contributed by atoms with E-state index in [9.17, 15) is 4.79 Å². The number of carbonyl (C=O) groups is 1. The van der Waals surface area contributed by atoms with Crippen LogP contribution in [-0.2, 0) is 4.74 Å². The number of hydrogen-bond acceptors (Lipinski definition) is 6. The highest BCUT2D eigenvalue weighted by Crippen LogP contribution is 2.55. The molecule has 136 valence electrons. The normalized spacial score (nSPS) is 32.0. The first kappa shape index (κ1) is 16.2. The molecule has 5 rings (SSSR count). The summed E-state index contributed by atoms with van der Waals surface area (Å²) in [4.78, 5) is 24.3. The van der Waals surface area contributed by atoms with E-state index in [2.05, 4.69) is 20.2 Å². The van der Waals surface area contributed by atoms with Crippen LogP contribution in [0.2, 0.25) is 0 Å². The second-order valence-electron chi connectivity index (χ2n) is 7.56. The Balaban J connectivity index is 1.32. The molecule has 3 saturated heterocycles. The zero-order valence-electron chi connectivity index (χ0n) is 14.7. The number of nitrogens with one attached hydrogen (secondary N) is 1. The Morgan fingerprint density at radius 2 is 2.35 bits per heavy atom. The molecular weight excluding hydrogens is 348 g/mol. The van der Waals surface area contributed by atoms with Crippen molar-refractivity contribution in [2.24, 2.45) is 11.8 Å². The van der Waals surface area contributed by atoms with E-state index in [1.165, 1.54) is 11.3 Å². The fraction of sp³-hybridized carbons (Fsp3) is 0.526. The summed E-state index contributed by atoms with van der Waals surface area (Å²) in [5.74, 6) is 1.79. The topological polar surface area (TPSA) is 67.4 Å². The number of carbonyl (C=O) groups excluding carboxylic acids is 1. The Hall–Kier alpha value is -1.99. The summed E-state index contributed by atoms with van der Waals surface area (Å²) in [7, 11) is 0. The molecule has 3 aliphatic rings. The number of aromatic nitrogens is 2. The number of amides is 1. The molecule has 1 N–H and O–H groups in total. The lowest BCUT2D eigenvalue weighted by atomic mass is 9.73. The van der Waals surface area contributed by atoms with Crippen molar-refractivity contribution in [2.45, 2.75) is 31.5 Å². The van der Waals surface area contributed by atoms with Crippen molar-refractivity contribution < 1.29 is 9.53 Å². The Morgan fingerprint density at radius 3 is 3.15 bits per heavy atom. The van der Waals surface area contributed by atoms with Gasteiger partial charge in [0.25, 0.3) is 5.91 Å². The molecule has 2 aromatic rings. The van der Waals surface area contributed by atoms with Crippen molar-refractivity contribution in [2.75, 3.05) is 24.5 Å². The molecule has 1 amide bonds. The number of anilines is 1. The fourth-order valence-corrected chi connectivity index (χ4v) is 5.68. The van der Waals surface area contributed by atoms with Crippen LogP contribution in [0.3, 0.4) is 0 Å². The molecule has 0 unspecified atom stereocenters. The van der Waals surface area contributed by atoms with Crippen LogP contribution in [0.25, 0.3) is 0 Å². The van der Waals surface area contributed by atoms with E-state index < -0.39 is 0 Å². The molecule has 0 aromatic carbocycles. The molecule has 0 saturated carbocycles. The third-order valence-electron chi connectivity index (χ3n) is 6.18. The standard InChI is InChI=1S/C19H22N4O2S/c1-12-17(21-7-6-20-12)23-10-14-13(15-4-5-19(14,11-23)25-15)9-22-18(24)16-3-2-8-26-16/h2-3,6-8,13-15H,4-5,9-11H2,1H3,(H,22,24)/t13-,14+,15+,19+/m0/s1. The van der Waals surface area contributed by atoms with E-state index in [1.807, 2.05) is 24.4 Å².